The highest BCUT2D eigenvalue weighted by molar-refractivity contribution is 9.09. The number of alkyl halides is 1. The van der Waals surface area contributed by atoms with E-state index in [1.807, 2.05) is 17.6 Å². The van der Waals surface area contributed by atoms with Crippen molar-refractivity contribution in [2.45, 2.75) is 32.7 Å². The van der Waals surface area contributed by atoms with Gasteiger partial charge in [0.1, 0.15) is 5.52 Å². The van der Waals surface area contributed by atoms with Gasteiger partial charge < -0.3 is 14.9 Å². The van der Waals surface area contributed by atoms with Crippen molar-refractivity contribution in [1.29, 1.82) is 0 Å². The van der Waals surface area contributed by atoms with Gasteiger partial charge in [-0.2, -0.15) is 0 Å². The Kier molecular flexibility index (Phi) is 4.29. The Morgan fingerprint density at radius 2 is 2.11 bits per heavy atom. The van der Waals surface area contributed by atoms with Crippen LogP contribution in [0.15, 0.2) is 10.9 Å². The standard InChI is InChI=1S/C13H19BrN4O/c1-9-8-10-11(12(19)17(9)2)18(13(15)16-10)7-5-3-4-6-14/h8H,3-7H2,1-2H3,(H2,15,16). The van der Waals surface area contributed by atoms with Crippen molar-refractivity contribution in [2.24, 2.45) is 7.05 Å². The molecule has 2 rings (SSSR count). The third-order valence-corrected chi connectivity index (χ3v) is 3.98. The molecule has 2 aromatic rings. The minimum atomic E-state index is -0.0281. The second-order valence-corrected chi connectivity index (χ2v) is 5.55. The first-order valence-corrected chi connectivity index (χ1v) is 7.56. The number of nitrogen functional groups attached to an aromatic ring is 1. The average Bonchev–Trinajstić information content (AvgIpc) is 2.68. The highest BCUT2D eigenvalue weighted by Gasteiger charge is 2.13. The molecule has 0 saturated carbocycles. The zero-order valence-corrected chi connectivity index (χ0v) is 12.9. The van der Waals surface area contributed by atoms with E-state index in [1.54, 1.807) is 11.6 Å². The first kappa shape index (κ1) is 14.1. The fourth-order valence-corrected chi connectivity index (χ4v) is 2.59. The van der Waals surface area contributed by atoms with E-state index in [-0.39, 0.29) is 5.56 Å². The number of aromatic nitrogens is 3. The first-order chi connectivity index (χ1) is 9.06. The number of halogens is 1. The zero-order valence-electron chi connectivity index (χ0n) is 11.3. The van der Waals surface area contributed by atoms with Gasteiger partial charge in [0.05, 0.1) is 5.52 Å². The fraction of sp³-hybridized carbons (Fsp3) is 0.538. The number of aryl methyl sites for hydroxylation is 2. The molecule has 0 fully saturated rings. The first-order valence-electron chi connectivity index (χ1n) is 6.44. The van der Waals surface area contributed by atoms with Crippen molar-refractivity contribution in [2.75, 3.05) is 11.1 Å². The molecule has 0 aromatic carbocycles. The van der Waals surface area contributed by atoms with E-state index < -0.39 is 0 Å². The van der Waals surface area contributed by atoms with Crippen molar-refractivity contribution < 1.29 is 0 Å². The topological polar surface area (TPSA) is 65.8 Å². The second kappa shape index (κ2) is 5.77. The summed E-state index contributed by atoms with van der Waals surface area (Å²) in [4.78, 5) is 16.6. The maximum atomic E-state index is 12.3. The molecule has 6 heteroatoms. The van der Waals surface area contributed by atoms with Crippen LogP contribution in [0, 0.1) is 6.92 Å². The van der Waals surface area contributed by atoms with Crippen LogP contribution in [-0.2, 0) is 13.6 Å². The van der Waals surface area contributed by atoms with E-state index in [4.69, 9.17) is 5.73 Å². The number of imidazole rings is 1. The molecule has 0 spiro atoms. The van der Waals surface area contributed by atoms with Crippen LogP contribution in [0.2, 0.25) is 0 Å². The Hall–Kier alpha value is -1.30. The number of fused-ring (bicyclic) bond motifs is 1. The van der Waals surface area contributed by atoms with Gasteiger partial charge in [-0.1, -0.05) is 22.4 Å². The number of hydrogen-bond donors (Lipinski definition) is 1. The lowest BCUT2D eigenvalue weighted by atomic mass is 10.2. The lowest BCUT2D eigenvalue weighted by Gasteiger charge is -2.07. The van der Waals surface area contributed by atoms with Crippen LogP contribution in [0.1, 0.15) is 25.0 Å². The van der Waals surface area contributed by atoms with Gasteiger partial charge in [-0.25, -0.2) is 4.98 Å². The van der Waals surface area contributed by atoms with Gasteiger partial charge in [0.15, 0.2) is 0 Å². The Morgan fingerprint density at radius 1 is 1.37 bits per heavy atom. The summed E-state index contributed by atoms with van der Waals surface area (Å²) in [7, 11) is 1.77. The summed E-state index contributed by atoms with van der Waals surface area (Å²) in [6, 6.07) is 1.90. The van der Waals surface area contributed by atoms with E-state index in [2.05, 4.69) is 20.9 Å². The molecule has 0 aliphatic rings. The fourth-order valence-electron chi connectivity index (χ4n) is 2.20. The van der Waals surface area contributed by atoms with Crippen molar-refractivity contribution in [3.05, 3.63) is 22.1 Å². The van der Waals surface area contributed by atoms with E-state index >= 15 is 0 Å². The van der Waals surface area contributed by atoms with Gasteiger partial charge in [0.2, 0.25) is 5.95 Å². The Bertz CT molecular complexity index is 644. The van der Waals surface area contributed by atoms with E-state index in [0.717, 1.165) is 36.8 Å². The molecule has 5 nitrogen and oxygen atoms in total. The third kappa shape index (κ3) is 2.68. The van der Waals surface area contributed by atoms with Gasteiger partial charge in [0.25, 0.3) is 5.56 Å². The molecule has 0 bridgehead atoms. The summed E-state index contributed by atoms with van der Waals surface area (Å²) >= 11 is 3.41. The lowest BCUT2D eigenvalue weighted by Crippen LogP contribution is -2.21. The molecule has 0 atom stereocenters. The predicted octanol–water partition coefficient (Wildman–Crippen LogP) is 2.19. The Balaban J connectivity index is 2.41. The minimum absolute atomic E-state index is 0.0281. The molecule has 0 amide bonds. The number of rotatable bonds is 5. The van der Waals surface area contributed by atoms with Crippen LogP contribution in [0.4, 0.5) is 5.95 Å². The molecule has 0 radical (unpaired) electrons. The van der Waals surface area contributed by atoms with E-state index in [9.17, 15) is 4.79 Å². The van der Waals surface area contributed by atoms with Gasteiger partial charge >= 0.3 is 0 Å². The summed E-state index contributed by atoms with van der Waals surface area (Å²) < 4.78 is 3.48. The van der Waals surface area contributed by atoms with Crippen LogP contribution in [-0.4, -0.2) is 19.4 Å². The van der Waals surface area contributed by atoms with E-state index in [1.165, 1.54) is 0 Å². The Labute approximate surface area is 120 Å². The average molecular weight is 327 g/mol. The highest BCUT2D eigenvalue weighted by Crippen LogP contribution is 2.16. The number of anilines is 1. The summed E-state index contributed by atoms with van der Waals surface area (Å²) in [5.74, 6) is 0.427. The van der Waals surface area contributed by atoms with Crippen molar-refractivity contribution in [3.63, 3.8) is 0 Å². The number of unbranched alkanes of at least 4 members (excludes halogenated alkanes) is 2. The third-order valence-electron chi connectivity index (χ3n) is 3.42. The summed E-state index contributed by atoms with van der Waals surface area (Å²) in [5.41, 5.74) is 8.10. The van der Waals surface area contributed by atoms with Gasteiger partial charge in [0, 0.05) is 24.6 Å². The van der Waals surface area contributed by atoms with Gasteiger partial charge in [-0.15, -0.1) is 0 Å². The zero-order chi connectivity index (χ0) is 14.0. The number of hydrogen-bond acceptors (Lipinski definition) is 3. The smallest absolute Gasteiger partial charge is 0.276 e. The maximum Gasteiger partial charge on any atom is 0.276 e. The molecule has 2 heterocycles. The Morgan fingerprint density at radius 3 is 2.79 bits per heavy atom. The van der Waals surface area contributed by atoms with Crippen LogP contribution in [0.3, 0.4) is 0 Å². The normalized spacial score (nSPS) is 11.3. The monoisotopic (exact) mass is 326 g/mol. The molecule has 0 saturated heterocycles. The highest BCUT2D eigenvalue weighted by atomic mass is 79.9. The molecule has 19 heavy (non-hydrogen) atoms. The van der Waals surface area contributed by atoms with Crippen molar-refractivity contribution in [3.8, 4) is 0 Å². The largest absolute Gasteiger partial charge is 0.369 e. The predicted molar refractivity (Wildman–Crippen MR) is 81.8 cm³/mol. The van der Waals surface area contributed by atoms with Crippen LogP contribution < -0.4 is 11.3 Å². The molecule has 0 aliphatic heterocycles. The van der Waals surface area contributed by atoms with Crippen molar-refractivity contribution in [1.82, 2.24) is 14.1 Å². The molecule has 0 aliphatic carbocycles. The quantitative estimate of drug-likeness (QED) is 0.676. The molecule has 104 valence electrons. The summed E-state index contributed by atoms with van der Waals surface area (Å²) in [6.07, 6.45) is 3.23. The number of pyridine rings is 1. The molecule has 2 N–H and O–H groups in total. The van der Waals surface area contributed by atoms with Crippen LogP contribution in [0.25, 0.3) is 11.0 Å². The molecular formula is C13H19BrN4O. The van der Waals surface area contributed by atoms with Crippen LogP contribution >= 0.6 is 15.9 Å². The van der Waals surface area contributed by atoms with Gasteiger partial charge in [-0.05, 0) is 25.8 Å². The minimum Gasteiger partial charge on any atom is -0.369 e. The maximum absolute atomic E-state index is 12.3. The molecule has 0 unspecified atom stereocenters. The van der Waals surface area contributed by atoms with Crippen LogP contribution in [0.5, 0.6) is 0 Å². The second-order valence-electron chi connectivity index (χ2n) is 4.76. The molecular weight excluding hydrogens is 308 g/mol. The SMILES string of the molecule is Cc1cc2nc(N)n(CCCCCBr)c2c(=O)n1C. The van der Waals surface area contributed by atoms with Crippen molar-refractivity contribution >= 4 is 32.9 Å². The number of nitrogens with zero attached hydrogens (tertiary/aromatic N) is 3. The lowest BCUT2D eigenvalue weighted by molar-refractivity contribution is 0.619. The summed E-state index contributed by atoms with van der Waals surface area (Å²) in [5, 5.41) is 1.01. The molecule has 2 aromatic heterocycles. The number of nitrogens with two attached hydrogens (primary N) is 1. The van der Waals surface area contributed by atoms with Gasteiger partial charge in [-0.3, -0.25) is 4.79 Å². The van der Waals surface area contributed by atoms with E-state index in [0.29, 0.717) is 17.0 Å². The summed E-state index contributed by atoms with van der Waals surface area (Å²) in [6.45, 7) is 2.64.